The van der Waals surface area contributed by atoms with E-state index < -0.39 is 5.79 Å². The Morgan fingerprint density at radius 3 is 2.69 bits per heavy atom. The second-order valence-electron chi connectivity index (χ2n) is 6.79. The zero-order chi connectivity index (χ0) is 17.7. The van der Waals surface area contributed by atoms with Gasteiger partial charge in [-0.2, -0.15) is 0 Å². The number of hydrogen-bond donors (Lipinski definition) is 0. The number of thioether (sulfide) groups is 1. The van der Waals surface area contributed by atoms with Gasteiger partial charge in [0.2, 0.25) is 0 Å². The Morgan fingerprint density at radius 2 is 1.92 bits per heavy atom. The van der Waals surface area contributed by atoms with Crippen molar-refractivity contribution in [2.45, 2.75) is 29.3 Å². The van der Waals surface area contributed by atoms with Gasteiger partial charge in [0.25, 0.3) is 5.91 Å². The van der Waals surface area contributed by atoms with Crippen LogP contribution in [0.15, 0.2) is 29.2 Å². The Kier molecular flexibility index (Phi) is 4.29. The highest BCUT2D eigenvalue weighted by atomic mass is 35.5. The molecule has 0 saturated carbocycles. The number of nitrogens with zero attached hydrogens (tertiary/aromatic N) is 1. The molecule has 136 valence electrons. The molecule has 4 nitrogen and oxygen atoms in total. The van der Waals surface area contributed by atoms with Crippen molar-refractivity contribution in [3.05, 3.63) is 39.7 Å². The van der Waals surface area contributed by atoms with Crippen LogP contribution in [0.3, 0.4) is 0 Å². The number of piperidine rings is 1. The molecule has 1 aromatic heterocycles. The van der Waals surface area contributed by atoms with Gasteiger partial charge in [-0.25, -0.2) is 0 Å². The average molecular weight is 408 g/mol. The molecule has 0 unspecified atom stereocenters. The first-order valence-electron chi connectivity index (χ1n) is 8.76. The van der Waals surface area contributed by atoms with E-state index in [2.05, 4.69) is 12.1 Å². The highest BCUT2D eigenvalue weighted by Crippen LogP contribution is 2.46. The van der Waals surface area contributed by atoms with E-state index in [9.17, 15) is 4.79 Å². The van der Waals surface area contributed by atoms with Crippen molar-refractivity contribution in [1.29, 1.82) is 0 Å². The van der Waals surface area contributed by atoms with Gasteiger partial charge in [-0.1, -0.05) is 17.7 Å². The molecule has 0 aliphatic carbocycles. The molecule has 3 aliphatic rings. The average Bonchev–Trinajstić information content (AvgIpc) is 3.29. The fourth-order valence-electron chi connectivity index (χ4n) is 3.82. The topological polar surface area (TPSA) is 38.8 Å². The van der Waals surface area contributed by atoms with Crippen molar-refractivity contribution < 1.29 is 14.3 Å². The van der Waals surface area contributed by atoms with E-state index in [4.69, 9.17) is 21.1 Å². The highest BCUT2D eigenvalue weighted by molar-refractivity contribution is 7.98. The molecule has 0 radical (unpaired) electrons. The van der Waals surface area contributed by atoms with Crippen LogP contribution in [0, 0.1) is 0 Å². The van der Waals surface area contributed by atoms with Crippen LogP contribution in [-0.2, 0) is 15.2 Å². The van der Waals surface area contributed by atoms with Crippen molar-refractivity contribution in [3.8, 4) is 10.4 Å². The van der Waals surface area contributed by atoms with Gasteiger partial charge in [0.1, 0.15) is 0 Å². The Bertz CT molecular complexity index is 866. The number of benzene rings is 1. The lowest BCUT2D eigenvalue weighted by atomic mass is 10.0. The van der Waals surface area contributed by atoms with Crippen LogP contribution in [0.1, 0.15) is 28.1 Å². The molecular weight excluding hydrogens is 390 g/mol. The fourth-order valence-corrected chi connectivity index (χ4v) is 6.48. The van der Waals surface area contributed by atoms with E-state index in [1.54, 1.807) is 23.1 Å². The lowest BCUT2D eigenvalue weighted by Gasteiger charge is -2.37. The molecular formula is C19H18ClNO3S2. The van der Waals surface area contributed by atoms with Gasteiger partial charge in [0.15, 0.2) is 5.79 Å². The number of amides is 1. The molecule has 26 heavy (non-hydrogen) atoms. The van der Waals surface area contributed by atoms with Gasteiger partial charge >= 0.3 is 0 Å². The van der Waals surface area contributed by atoms with E-state index in [0.717, 1.165) is 28.5 Å². The third kappa shape index (κ3) is 2.88. The van der Waals surface area contributed by atoms with Crippen LogP contribution in [0.4, 0.5) is 0 Å². The molecule has 4 heterocycles. The van der Waals surface area contributed by atoms with Crippen LogP contribution >= 0.6 is 34.7 Å². The van der Waals surface area contributed by atoms with Gasteiger partial charge in [-0.05, 0) is 23.8 Å². The van der Waals surface area contributed by atoms with Crippen molar-refractivity contribution >= 4 is 40.6 Å². The minimum atomic E-state index is -0.444. The molecule has 2 aromatic rings. The number of fused-ring (bicyclic) bond motifs is 3. The maximum Gasteiger partial charge on any atom is 0.263 e. The minimum absolute atomic E-state index is 0.123. The summed E-state index contributed by atoms with van der Waals surface area (Å²) < 4.78 is 11.5. The normalized spacial score (nSPS) is 20.9. The summed E-state index contributed by atoms with van der Waals surface area (Å²) in [6.45, 7) is 2.68. The third-order valence-electron chi connectivity index (χ3n) is 5.22. The van der Waals surface area contributed by atoms with Crippen LogP contribution in [-0.4, -0.2) is 42.9 Å². The number of likely N-dealkylation sites (tertiary alicyclic amines) is 1. The number of carbonyl (C=O) groups is 1. The summed E-state index contributed by atoms with van der Waals surface area (Å²) in [5.74, 6) is 0.565. The predicted molar refractivity (Wildman–Crippen MR) is 104 cm³/mol. The van der Waals surface area contributed by atoms with Crippen LogP contribution in [0.5, 0.6) is 0 Å². The van der Waals surface area contributed by atoms with E-state index in [1.807, 2.05) is 17.0 Å². The lowest BCUT2D eigenvalue weighted by Crippen LogP contribution is -2.47. The number of hydrogen-bond acceptors (Lipinski definition) is 5. The molecule has 7 heteroatoms. The maximum atomic E-state index is 13.0. The van der Waals surface area contributed by atoms with Gasteiger partial charge in [-0.3, -0.25) is 4.79 Å². The van der Waals surface area contributed by atoms with Crippen molar-refractivity contribution in [3.63, 3.8) is 0 Å². The van der Waals surface area contributed by atoms with E-state index in [-0.39, 0.29) is 5.91 Å². The molecule has 0 N–H and O–H groups in total. The van der Waals surface area contributed by atoms with E-state index in [0.29, 0.717) is 26.3 Å². The second kappa shape index (κ2) is 6.53. The fraction of sp³-hybridized carbons (Fsp3) is 0.421. The number of ether oxygens (including phenoxy) is 2. The third-order valence-corrected chi connectivity index (χ3v) is 7.76. The van der Waals surface area contributed by atoms with E-state index in [1.165, 1.54) is 20.9 Å². The van der Waals surface area contributed by atoms with Crippen LogP contribution < -0.4 is 0 Å². The first-order valence-corrected chi connectivity index (χ1v) is 10.9. The Hall–Kier alpha value is -1.05. The molecule has 2 fully saturated rings. The van der Waals surface area contributed by atoms with Gasteiger partial charge < -0.3 is 14.4 Å². The molecule has 5 rings (SSSR count). The molecule has 0 bridgehead atoms. The first-order chi connectivity index (χ1) is 12.6. The van der Waals surface area contributed by atoms with Gasteiger partial charge in [-0.15, -0.1) is 23.1 Å². The summed E-state index contributed by atoms with van der Waals surface area (Å²) >= 11 is 9.50. The highest BCUT2D eigenvalue weighted by Gasteiger charge is 2.41. The Labute approximate surface area is 165 Å². The number of rotatable bonds is 1. The summed E-state index contributed by atoms with van der Waals surface area (Å²) in [5.41, 5.74) is 2.43. The zero-order valence-corrected chi connectivity index (χ0v) is 16.5. The number of thiophene rings is 1. The first kappa shape index (κ1) is 17.1. The summed E-state index contributed by atoms with van der Waals surface area (Å²) in [4.78, 5) is 18.2. The number of carbonyl (C=O) groups excluding carboxylic acids is 1. The quantitative estimate of drug-likeness (QED) is 0.689. The van der Waals surface area contributed by atoms with Crippen molar-refractivity contribution in [1.82, 2.24) is 4.90 Å². The van der Waals surface area contributed by atoms with Gasteiger partial charge in [0.05, 0.1) is 18.1 Å². The predicted octanol–water partition coefficient (Wildman–Crippen LogP) is 4.65. The summed E-state index contributed by atoms with van der Waals surface area (Å²) in [5, 5.41) is 0.756. The molecule has 3 aliphatic heterocycles. The SMILES string of the molecule is O=C(c1cc2c(s1)-c1ccc(Cl)cc1SC2)N1CCC2(CC1)OCCO2. The maximum absolute atomic E-state index is 13.0. The zero-order valence-electron chi connectivity index (χ0n) is 14.1. The minimum Gasteiger partial charge on any atom is -0.347 e. The van der Waals surface area contributed by atoms with Gasteiger partial charge in [0, 0.05) is 52.0 Å². The summed E-state index contributed by atoms with van der Waals surface area (Å²) in [7, 11) is 0. The number of halogens is 1. The molecule has 1 amide bonds. The molecule has 1 spiro atoms. The monoisotopic (exact) mass is 407 g/mol. The largest absolute Gasteiger partial charge is 0.347 e. The standard InChI is InChI=1S/C19H18ClNO3S2/c20-13-1-2-14-15(10-13)25-11-12-9-16(26-17(12)14)18(22)21-5-3-19(4-6-21)23-7-8-24-19/h1-2,9-10H,3-8,11H2. The molecule has 1 aromatic carbocycles. The van der Waals surface area contributed by atoms with Crippen LogP contribution in [0.2, 0.25) is 5.02 Å². The van der Waals surface area contributed by atoms with Crippen molar-refractivity contribution in [2.75, 3.05) is 26.3 Å². The summed E-state index contributed by atoms with van der Waals surface area (Å²) in [6.07, 6.45) is 1.50. The smallest absolute Gasteiger partial charge is 0.263 e. The van der Waals surface area contributed by atoms with Crippen molar-refractivity contribution in [2.24, 2.45) is 0 Å². The Balaban J connectivity index is 1.37. The molecule has 0 atom stereocenters. The Morgan fingerprint density at radius 1 is 1.15 bits per heavy atom. The molecule has 2 saturated heterocycles. The van der Waals surface area contributed by atoms with E-state index >= 15 is 0 Å². The lowest BCUT2D eigenvalue weighted by molar-refractivity contribution is -0.181. The second-order valence-corrected chi connectivity index (χ2v) is 9.30. The summed E-state index contributed by atoms with van der Waals surface area (Å²) in [6, 6.07) is 8.06. The van der Waals surface area contributed by atoms with Crippen LogP contribution in [0.25, 0.3) is 10.4 Å².